The lowest BCUT2D eigenvalue weighted by Crippen LogP contribution is -2.32. The van der Waals surface area contributed by atoms with Crippen LogP contribution in [0.25, 0.3) is 0 Å². The van der Waals surface area contributed by atoms with Crippen molar-refractivity contribution in [3.8, 4) is 0 Å². The van der Waals surface area contributed by atoms with Crippen LogP contribution >= 0.6 is 0 Å². The van der Waals surface area contributed by atoms with Crippen LogP contribution in [0.3, 0.4) is 0 Å². The fraction of sp³-hybridized carbons (Fsp3) is 0.600. The number of nitrogens with two attached hydrogens (primary N) is 1. The number of nitrogens with zero attached hydrogens (tertiary/aromatic N) is 1. The van der Waals surface area contributed by atoms with Crippen LogP contribution in [0.4, 0.5) is 0 Å². The van der Waals surface area contributed by atoms with Gasteiger partial charge in [0.2, 0.25) is 0 Å². The van der Waals surface area contributed by atoms with Crippen molar-refractivity contribution >= 4 is 0 Å². The molecule has 1 rings (SSSR count). The van der Waals surface area contributed by atoms with E-state index in [0.29, 0.717) is 5.92 Å². The second kappa shape index (κ2) is 8.26. The summed E-state index contributed by atoms with van der Waals surface area (Å²) in [4.78, 5) is 2.49. The second-order valence-electron chi connectivity index (χ2n) is 4.70. The molecule has 0 aliphatic carbocycles. The van der Waals surface area contributed by atoms with Gasteiger partial charge < -0.3 is 5.73 Å². The van der Waals surface area contributed by atoms with Gasteiger partial charge in [0, 0.05) is 13.1 Å². The zero-order valence-corrected chi connectivity index (χ0v) is 11.2. The highest BCUT2D eigenvalue weighted by atomic mass is 15.1. The van der Waals surface area contributed by atoms with Crippen LogP contribution in [-0.4, -0.2) is 24.5 Å². The Labute approximate surface area is 106 Å². The van der Waals surface area contributed by atoms with Crippen molar-refractivity contribution < 1.29 is 0 Å². The summed E-state index contributed by atoms with van der Waals surface area (Å²) in [7, 11) is 0. The third-order valence-electron chi connectivity index (χ3n) is 3.24. The topological polar surface area (TPSA) is 29.3 Å². The summed E-state index contributed by atoms with van der Waals surface area (Å²) in [5, 5.41) is 0. The summed E-state index contributed by atoms with van der Waals surface area (Å²) in [6, 6.07) is 10.7. The molecule has 96 valence electrons. The minimum Gasteiger partial charge on any atom is -0.330 e. The van der Waals surface area contributed by atoms with Gasteiger partial charge in [0.1, 0.15) is 0 Å². The van der Waals surface area contributed by atoms with Gasteiger partial charge in [-0.15, -0.1) is 0 Å². The fourth-order valence-electron chi connectivity index (χ4n) is 2.20. The van der Waals surface area contributed by atoms with Gasteiger partial charge in [-0.25, -0.2) is 0 Å². The normalized spacial score (nSPS) is 12.9. The van der Waals surface area contributed by atoms with E-state index in [9.17, 15) is 0 Å². The molecule has 0 fully saturated rings. The van der Waals surface area contributed by atoms with Crippen LogP contribution in [0.2, 0.25) is 0 Å². The summed E-state index contributed by atoms with van der Waals surface area (Å²) in [5.74, 6) is 0.642. The van der Waals surface area contributed by atoms with E-state index in [2.05, 4.69) is 49.1 Å². The summed E-state index contributed by atoms with van der Waals surface area (Å²) in [5.41, 5.74) is 7.22. The van der Waals surface area contributed by atoms with E-state index < -0.39 is 0 Å². The van der Waals surface area contributed by atoms with Crippen molar-refractivity contribution in [1.29, 1.82) is 0 Å². The fourth-order valence-corrected chi connectivity index (χ4v) is 2.20. The monoisotopic (exact) mass is 234 g/mol. The van der Waals surface area contributed by atoms with Gasteiger partial charge in [0.15, 0.2) is 0 Å². The molecule has 0 saturated carbocycles. The summed E-state index contributed by atoms with van der Waals surface area (Å²) < 4.78 is 0. The van der Waals surface area contributed by atoms with Crippen LogP contribution in [0, 0.1) is 5.92 Å². The van der Waals surface area contributed by atoms with Crippen molar-refractivity contribution in [2.75, 3.05) is 19.6 Å². The predicted molar refractivity (Wildman–Crippen MR) is 74.8 cm³/mol. The maximum atomic E-state index is 5.83. The van der Waals surface area contributed by atoms with Crippen molar-refractivity contribution in [2.24, 2.45) is 11.7 Å². The van der Waals surface area contributed by atoms with Crippen LogP contribution in [0.1, 0.15) is 32.3 Å². The van der Waals surface area contributed by atoms with Gasteiger partial charge in [0.05, 0.1) is 0 Å². The first-order valence-electron chi connectivity index (χ1n) is 6.76. The Morgan fingerprint density at radius 3 is 2.41 bits per heavy atom. The molecule has 0 aliphatic heterocycles. The number of hydrogen-bond acceptors (Lipinski definition) is 2. The molecule has 1 unspecified atom stereocenters. The first-order valence-corrected chi connectivity index (χ1v) is 6.76. The Morgan fingerprint density at radius 1 is 1.18 bits per heavy atom. The smallest absolute Gasteiger partial charge is 0.0233 e. The van der Waals surface area contributed by atoms with E-state index in [1.165, 1.54) is 18.4 Å². The number of hydrogen-bond donors (Lipinski definition) is 1. The largest absolute Gasteiger partial charge is 0.330 e. The van der Waals surface area contributed by atoms with Gasteiger partial charge in [-0.3, -0.25) is 4.90 Å². The summed E-state index contributed by atoms with van der Waals surface area (Å²) in [6.07, 6.45) is 2.46. The molecule has 1 atom stereocenters. The Hall–Kier alpha value is -0.860. The third kappa shape index (κ3) is 5.33. The first kappa shape index (κ1) is 14.2. The molecule has 17 heavy (non-hydrogen) atoms. The molecular formula is C15H26N2. The highest BCUT2D eigenvalue weighted by Crippen LogP contribution is 2.10. The lowest BCUT2D eigenvalue weighted by molar-refractivity contribution is 0.228. The molecule has 0 saturated heterocycles. The number of rotatable bonds is 8. The van der Waals surface area contributed by atoms with Crippen LogP contribution < -0.4 is 5.73 Å². The Balaban J connectivity index is 2.48. The minimum absolute atomic E-state index is 0.642. The van der Waals surface area contributed by atoms with Crippen LogP contribution in [0.15, 0.2) is 30.3 Å². The SMILES string of the molecule is CCCC(CN)CN(CC)Cc1ccccc1. The molecule has 0 bridgehead atoms. The molecule has 0 amide bonds. The maximum absolute atomic E-state index is 5.83. The molecule has 0 radical (unpaired) electrons. The van der Waals surface area contributed by atoms with Gasteiger partial charge in [-0.2, -0.15) is 0 Å². The quantitative estimate of drug-likeness (QED) is 0.749. The second-order valence-corrected chi connectivity index (χ2v) is 4.70. The molecule has 1 aromatic carbocycles. The molecule has 2 N–H and O–H groups in total. The van der Waals surface area contributed by atoms with Crippen LogP contribution in [0.5, 0.6) is 0 Å². The van der Waals surface area contributed by atoms with Gasteiger partial charge in [-0.1, -0.05) is 50.6 Å². The third-order valence-corrected chi connectivity index (χ3v) is 3.24. The molecule has 0 spiro atoms. The van der Waals surface area contributed by atoms with E-state index in [1.54, 1.807) is 0 Å². The molecule has 2 heteroatoms. The molecule has 0 aliphatic rings. The molecular weight excluding hydrogens is 208 g/mol. The predicted octanol–water partition coefficient (Wildman–Crippen LogP) is 2.88. The van der Waals surface area contributed by atoms with E-state index in [0.717, 1.165) is 26.2 Å². The van der Waals surface area contributed by atoms with E-state index in [4.69, 9.17) is 5.73 Å². The minimum atomic E-state index is 0.642. The zero-order chi connectivity index (χ0) is 12.5. The van der Waals surface area contributed by atoms with E-state index in [-0.39, 0.29) is 0 Å². The average Bonchev–Trinajstić information content (AvgIpc) is 2.38. The zero-order valence-electron chi connectivity index (χ0n) is 11.2. The van der Waals surface area contributed by atoms with Crippen molar-refractivity contribution in [3.63, 3.8) is 0 Å². The highest BCUT2D eigenvalue weighted by molar-refractivity contribution is 5.14. The Morgan fingerprint density at radius 2 is 1.88 bits per heavy atom. The Kier molecular flexibility index (Phi) is 6.90. The lowest BCUT2D eigenvalue weighted by atomic mass is 10.0. The molecule has 0 heterocycles. The van der Waals surface area contributed by atoms with Crippen molar-refractivity contribution in [2.45, 2.75) is 33.2 Å². The Bertz CT molecular complexity index is 284. The van der Waals surface area contributed by atoms with Gasteiger partial charge in [-0.05, 0) is 31.0 Å². The highest BCUT2D eigenvalue weighted by Gasteiger charge is 2.11. The molecule has 1 aromatic rings. The van der Waals surface area contributed by atoms with Gasteiger partial charge >= 0.3 is 0 Å². The molecule has 2 nitrogen and oxygen atoms in total. The first-order chi connectivity index (χ1) is 8.30. The van der Waals surface area contributed by atoms with E-state index >= 15 is 0 Å². The summed E-state index contributed by atoms with van der Waals surface area (Å²) in [6.45, 7) is 8.51. The molecule has 0 aromatic heterocycles. The average molecular weight is 234 g/mol. The van der Waals surface area contributed by atoms with Gasteiger partial charge in [0.25, 0.3) is 0 Å². The van der Waals surface area contributed by atoms with Crippen molar-refractivity contribution in [3.05, 3.63) is 35.9 Å². The van der Waals surface area contributed by atoms with E-state index in [1.807, 2.05) is 0 Å². The maximum Gasteiger partial charge on any atom is 0.0233 e. The number of benzene rings is 1. The van der Waals surface area contributed by atoms with Crippen molar-refractivity contribution in [1.82, 2.24) is 4.90 Å². The lowest BCUT2D eigenvalue weighted by Gasteiger charge is -2.25. The standard InChI is InChI=1S/C15H26N2/c1-3-8-15(11-16)13-17(4-2)12-14-9-6-5-7-10-14/h5-7,9-10,15H,3-4,8,11-13,16H2,1-2H3. The van der Waals surface area contributed by atoms with Crippen LogP contribution in [-0.2, 0) is 6.54 Å². The summed E-state index contributed by atoms with van der Waals surface area (Å²) >= 11 is 0.